The molecule has 1 heteroatoms. The molecule has 2 rings (SSSR count). The van der Waals surface area contributed by atoms with Gasteiger partial charge in [0.2, 0.25) is 0 Å². The molecular weight excluding hydrogens is 230 g/mol. The molecule has 19 heavy (non-hydrogen) atoms. The highest BCUT2D eigenvalue weighted by atomic mass is 14.9. The van der Waals surface area contributed by atoms with Gasteiger partial charge in [-0.2, -0.15) is 0 Å². The van der Waals surface area contributed by atoms with Crippen LogP contribution in [0.15, 0.2) is 42.5 Å². The number of hydrogen-bond donors (Lipinski definition) is 1. The lowest BCUT2D eigenvalue weighted by Crippen LogP contribution is -2.01. The van der Waals surface area contributed by atoms with Crippen LogP contribution in [0.3, 0.4) is 0 Å². The summed E-state index contributed by atoms with van der Waals surface area (Å²) in [7, 11) is 0. The third-order valence-electron chi connectivity index (χ3n) is 3.48. The van der Waals surface area contributed by atoms with Gasteiger partial charge in [-0.3, -0.25) is 0 Å². The fourth-order valence-electron chi connectivity index (χ4n) is 2.27. The third-order valence-corrected chi connectivity index (χ3v) is 3.48. The van der Waals surface area contributed by atoms with Crippen LogP contribution in [0.2, 0.25) is 0 Å². The first kappa shape index (κ1) is 13.7. The Hall–Kier alpha value is -1.76. The smallest absolute Gasteiger partial charge is 0.0403 e. The van der Waals surface area contributed by atoms with Crippen molar-refractivity contribution >= 4 is 5.69 Å². The Morgan fingerprint density at radius 2 is 1.68 bits per heavy atom. The summed E-state index contributed by atoms with van der Waals surface area (Å²) in [6.45, 7) is 7.41. The molecule has 0 bridgehead atoms. The average molecular weight is 253 g/mol. The standard InChI is InChI=1S/C18H23N/c1-4-5-16-8-10-18(11-9-16)19-13-17-12-14(2)6-7-15(17)3/h6-12,19H,4-5,13H2,1-3H3. The zero-order chi connectivity index (χ0) is 13.7. The highest BCUT2D eigenvalue weighted by molar-refractivity contribution is 5.46. The Morgan fingerprint density at radius 3 is 2.37 bits per heavy atom. The predicted molar refractivity (Wildman–Crippen MR) is 83.7 cm³/mol. The van der Waals surface area contributed by atoms with E-state index in [4.69, 9.17) is 0 Å². The minimum atomic E-state index is 0.890. The highest BCUT2D eigenvalue weighted by Gasteiger charge is 1.99. The molecule has 0 unspecified atom stereocenters. The topological polar surface area (TPSA) is 12.0 Å². The van der Waals surface area contributed by atoms with Crippen molar-refractivity contribution in [3.63, 3.8) is 0 Å². The molecule has 2 aromatic rings. The van der Waals surface area contributed by atoms with Gasteiger partial charge in [-0.05, 0) is 49.1 Å². The van der Waals surface area contributed by atoms with E-state index in [1.807, 2.05) is 0 Å². The lowest BCUT2D eigenvalue weighted by atomic mass is 10.1. The molecule has 100 valence electrons. The summed E-state index contributed by atoms with van der Waals surface area (Å²) in [5, 5.41) is 3.50. The second-order valence-corrected chi connectivity index (χ2v) is 5.23. The Labute approximate surface area is 116 Å². The van der Waals surface area contributed by atoms with Crippen LogP contribution in [0.5, 0.6) is 0 Å². The Balaban J connectivity index is 2.00. The maximum atomic E-state index is 3.50. The highest BCUT2D eigenvalue weighted by Crippen LogP contribution is 2.15. The van der Waals surface area contributed by atoms with Crippen LogP contribution >= 0.6 is 0 Å². The molecule has 0 aliphatic rings. The summed E-state index contributed by atoms with van der Waals surface area (Å²) in [5.74, 6) is 0. The quantitative estimate of drug-likeness (QED) is 0.801. The molecule has 0 aliphatic heterocycles. The molecule has 1 N–H and O–H groups in total. The molecule has 0 amide bonds. The predicted octanol–water partition coefficient (Wildman–Crippen LogP) is 4.87. The molecule has 0 saturated heterocycles. The summed E-state index contributed by atoms with van der Waals surface area (Å²) < 4.78 is 0. The first-order valence-electron chi connectivity index (χ1n) is 7.08. The molecule has 0 aromatic heterocycles. The Bertz CT molecular complexity index is 526. The summed E-state index contributed by atoms with van der Waals surface area (Å²) in [6, 6.07) is 15.4. The van der Waals surface area contributed by atoms with E-state index >= 15 is 0 Å². The van der Waals surface area contributed by atoms with Gasteiger partial charge in [-0.15, -0.1) is 0 Å². The van der Waals surface area contributed by atoms with Gasteiger partial charge in [0.15, 0.2) is 0 Å². The van der Waals surface area contributed by atoms with E-state index in [0.29, 0.717) is 0 Å². The van der Waals surface area contributed by atoms with Gasteiger partial charge in [-0.1, -0.05) is 49.2 Å². The van der Waals surface area contributed by atoms with Crippen molar-refractivity contribution in [1.82, 2.24) is 0 Å². The van der Waals surface area contributed by atoms with Gasteiger partial charge in [0, 0.05) is 12.2 Å². The third kappa shape index (κ3) is 3.85. The molecule has 1 nitrogen and oxygen atoms in total. The molecule has 2 aromatic carbocycles. The van der Waals surface area contributed by atoms with Gasteiger partial charge in [0.25, 0.3) is 0 Å². The molecule has 0 aliphatic carbocycles. The zero-order valence-electron chi connectivity index (χ0n) is 12.2. The van der Waals surface area contributed by atoms with Gasteiger partial charge in [0.1, 0.15) is 0 Å². The Kier molecular flexibility index (Phi) is 4.62. The van der Waals surface area contributed by atoms with Gasteiger partial charge < -0.3 is 5.32 Å². The molecule has 0 spiro atoms. The van der Waals surface area contributed by atoms with Crippen molar-refractivity contribution in [3.05, 3.63) is 64.7 Å². The first-order chi connectivity index (χ1) is 9.19. The number of rotatable bonds is 5. The minimum absolute atomic E-state index is 0.890. The Morgan fingerprint density at radius 1 is 0.947 bits per heavy atom. The first-order valence-corrected chi connectivity index (χ1v) is 7.08. The summed E-state index contributed by atoms with van der Waals surface area (Å²) in [5.41, 5.74) is 6.65. The van der Waals surface area contributed by atoms with Crippen LogP contribution in [0, 0.1) is 13.8 Å². The number of nitrogens with one attached hydrogen (secondary N) is 1. The fourth-order valence-corrected chi connectivity index (χ4v) is 2.27. The summed E-state index contributed by atoms with van der Waals surface area (Å²) in [4.78, 5) is 0. The normalized spacial score (nSPS) is 10.5. The SMILES string of the molecule is CCCc1ccc(NCc2cc(C)ccc2C)cc1. The van der Waals surface area contributed by atoms with E-state index < -0.39 is 0 Å². The summed E-state index contributed by atoms with van der Waals surface area (Å²) in [6.07, 6.45) is 2.37. The maximum Gasteiger partial charge on any atom is 0.0403 e. The zero-order valence-corrected chi connectivity index (χ0v) is 12.2. The second-order valence-electron chi connectivity index (χ2n) is 5.23. The van der Waals surface area contributed by atoms with Crippen molar-refractivity contribution in [2.75, 3.05) is 5.32 Å². The fraction of sp³-hybridized carbons (Fsp3) is 0.333. The van der Waals surface area contributed by atoms with E-state index in [2.05, 4.69) is 68.6 Å². The number of benzene rings is 2. The number of aryl methyl sites for hydroxylation is 3. The van der Waals surface area contributed by atoms with E-state index in [9.17, 15) is 0 Å². The van der Waals surface area contributed by atoms with Crippen LogP contribution in [0.4, 0.5) is 5.69 Å². The number of anilines is 1. The molecule has 0 saturated carbocycles. The van der Waals surface area contributed by atoms with E-state index in [-0.39, 0.29) is 0 Å². The van der Waals surface area contributed by atoms with Crippen molar-refractivity contribution < 1.29 is 0 Å². The lowest BCUT2D eigenvalue weighted by Gasteiger charge is -2.10. The largest absolute Gasteiger partial charge is 0.381 e. The summed E-state index contributed by atoms with van der Waals surface area (Å²) >= 11 is 0. The van der Waals surface area contributed by atoms with E-state index in [1.165, 1.54) is 34.4 Å². The molecule has 0 atom stereocenters. The van der Waals surface area contributed by atoms with Crippen molar-refractivity contribution in [2.45, 2.75) is 40.2 Å². The van der Waals surface area contributed by atoms with Crippen LogP contribution in [-0.4, -0.2) is 0 Å². The van der Waals surface area contributed by atoms with E-state index in [1.54, 1.807) is 0 Å². The van der Waals surface area contributed by atoms with Crippen LogP contribution in [0.25, 0.3) is 0 Å². The molecule has 0 heterocycles. The van der Waals surface area contributed by atoms with E-state index in [0.717, 1.165) is 13.0 Å². The second kappa shape index (κ2) is 6.42. The van der Waals surface area contributed by atoms with Gasteiger partial charge in [-0.25, -0.2) is 0 Å². The number of hydrogen-bond acceptors (Lipinski definition) is 1. The molecule has 0 fully saturated rings. The van der Waals surface area contributed by atoms with Gasteiger partial charge >= 0.3 is 0 Å². The van der Waals surface area contributed by atoms with Crippen LogP contribution in [-0.2, 0) is 13.0 Å². The van der Waals surface area contributed by atoms with Crippen molar-refractivity contribution in [2.24, 2.45) is 0 Å². The average Bonchev–Trinajstić information content (AvgIpc) is 2.42. The molecule has 0 radical (unpaired) electrons. The van der Waals surface area contributed by atoms with Crippen LogP contribution < -0.4 is 5.32 Å². The van der Waals surface area contributed by atoms with Gasteiger partial charge in [0.05, 0.1) is 0 Å². The monoisotopic (exact) mass is 253 g/mol. The van der Waals surface area contributed by atoms with Crippen LogP contribution in [0.1, 0.15) is 35.6 Å². The maximum absolute atomic E-state index is 3.50. The lowest BCUT2D eigenvalue weighted by molar-refractivity contribution is 0.922. The van der Waals surface area contributed by atoms with Crippen molar-refractivity contribution in [1.29, 1.82) is 0 Å². The molecular formula is C18H23N. The minimum Gasteiger partial charge on any atom is -0.381 e. The van der Waals surface area contributed by atoms with Crippen molar-refractivity contribution in [3.8, 4) is 0 Å².